The molecule has 0 bridgehead atoms. The van der Waals surface area contributed by atoms with Crippen molar-refractivity contribution in [3.05, 3.63) is 57.6 Å². The molecule has 2 rings (SSSR count). The van der Waals surface area contributed by atoms with Crippen LogP contribution in [0.3, 0.4) is 0 Å². The third-order valence-corrected chi connectivity index (χ3v) is 5.71. The number of hydrogen-bond acceptors (Lipinski definition) is 4. The Hall–Kier alpha value is -2.44. The Kier molecular flexibility index (Phi) is 12.6. The summed E-state index contributed by atoms with van der Waals surface area (Å²) in [7, 11) is 0. The zero-order valence-electron chi connectivity index (χ0n) is 19.9. The first kappa shape index (κ1) is 27.8. The third-order valence-electron chi connectivity index (χ3n) is 5.24. The number of ether oxygens (including phenoxy) is 2. The van der Waals surface area contributed by atoms with Crippen LogP contribution in [0.2, 0.25) is 10.0 Å². The molecule has 0 atom stereocenters. The summed E-state index contributed by atoms with van der Waals surface area (Å²) in [5.74, 6) is 1.08. The van der Waals surface area contributed by atoms with Gasteiger partial charge in [0.05, 0.1) is 0 Å². The summed E-state index contributed by atoms with van der Waals surface area (Å²) in [6.45, 7) is 5.07. The van der Waals surface area contributed by atoms with Crippen LogP contribution in [0.4, 0.5) is 0 Å². The van der Waals surface area contributed by atoms with E-state index in [1.807, 2.05) is 13.8 Å². The van der Waals surface area contributed by atoms with Crippen molar-refractivity contribution in [1.82, 2.24) is 10.6 Å². The number of rotatable bonds is 15. The number of halogens is 2. The van der Waals surface area contributed by atoms with Crippen molar-refractivity contribution in [2.24, 2.45) is 0 Å². The summed E-state index contributed by atoms with van der Waals surface area (Å²) in [6, 6.07) is 10.6. The van der Waals surface area contributed by atoms with Crippen LogP contribution in [0.5, 0.6) is 11.5 Å². The predicted molar refractivity (Wildman–Crippen MR) is 137 cm³/mol. The number of nitrogens with one attached hydrogen (secondary N) is 2. The number of benzene rings is 2. The Bertz CT molecular complexity index is 862. The molecule has 0 unspecified atom stereocenters. The van der Waals surface area contributed by atoms with Crippen LogP contribution in [0.1, 0.15) is 49.7 Å². The van der Waals surface area contributed by atoms with Gasteiger partial charge in [-0.15, -0.1) is 0 Å². The standard InChI is InChI=1S/C26H34Cl2N2O4/c1-19-15-21(27)9-11-23(19)33-17-25(31)29-13-7-5-3-4-6-8-14-30-26(32)18-34-24-12-10-22(28)16-20(24)2/h9-12,15-16H,3-8,13-14,17-18H2,1-2H3,(H,29,31)(H,30,32). The Morgan fingerprint density at radius 2 is 1.06 bits per heavy atom. The molecule has 0 saturated carbocycles. The molecule has 2 aromatic carbocycles. The van der Waals surface area contributed by atoms with Gasteiger partial charge in [-0.1, -0.05) is 48.9 Å². The molecule has 186 valence electrons. The van der Waals surface area contributed by atoms with Crippen LogP contribution in [0.15, 0.2) is 36.4 Å². The van der Waals surface area contributed by atoms with Gasteiger partial charge in [-0.05, 0) is 74.2 Å². The minimum Gasteiger partial charge on any atom is -0.484 e. The van der Waals surface area contributed by atoms with Gasteiger partial charge >= 0.3 is 0 Å². The van der Waals surface area contributed by atoms with E-state index < -0.39 is 0 Å². The molecule has 0 saturated heterocycles. The molecule has 0 spiro atoms. The SMILES string of the molecule is Cc1cc(Cl)ccc1OCC(=O)NCCCCCCCCNC(=O)COc1ccc(Cl)cc1C. The number of carbonyl (C=O) groups is 2. The van der Waals surface area contributed by atoms with Gasteiger partial charge in [-0.25, -0.2) is 0 Å². The van der Waals surface area contributed by atoms with E-state index in [1.54, 1.807) is 36.4 Å². The maximum Gasteiger partial charge on any atom is 0.257 e. The minimum atomic E-state index is -0.125. The molecule has 0 radical (unpaired) electrons. The average molecular weight is 509 g/mol. The smallest absolute Gasteiger partial charge is 0.257 e. The quantitative estimate of drug-likeness (QED) is 0.305. The zero-order chi connectivity index (χ0) is 24.8. The maximum atomic E-state index is 11.9. The van der Waals surface area contributed by atoms with E-state index in [4.69, 9.17) is 32.7 Å². The van der Waals surface area contributed by atoms with Gasteiger partial charge in [0.25, 0.3) is 11.8 Å². The molecule has 0 aliphatic rings. The van der Waals surface area contributed by atoms with Gasteiger partial charge in [0.1, 0.15) is 11.5 Å². The maximum absolute atomic E-state index is 11.9. The van der Waals surface area contributed by atoms with E-state index in [2.05, 4.69) is 10.6 Å². The van der Waals surface area contributed by atoms with Gasteiger partial charge in [-0.2, -0.15) is 0 Å². The fourth-order valence-corrected chi connectivity index (χ4v) is 3.80. The summed E-state index contributed by atoms with van der Waals surface area (Å²) >= 11 is 11.8. The predicted octanol–water partition coefficient (Wildman–Crippen LogP) is 5.64. The lowest BCUT2D eigenvalue weighted by Crippen LogP contribution is -2.29. The molecule has 2 N–H and O–H groups in total. The Balaban J connectivity index is 1.41. The monoisotopic (exact) mass is 508 g/mol. The highest BCUT2D eigenvalue weighted by atomic mass is 35.5. The fraction of sp³-hybridized carbons (Fsp3) is 0.462. The number of aryl methyl sites for hydroxylation is 2. The second-order valence-electron chi connectivity index (χ2n) is 8.22. The largest absolute Gasteiger partial charge is 0.484 e. The van der Waals surface area contributed by atoms with Crippen LogP contribution in [0, 0.1) is 13.8 Å². The molecular formula is C26H34Cl2N2O4. The number of amides is 2. The Morgan fingerprint density at radius 3 is 1.44 bits per heavy atom. The lowest BCUT2D eigenvalue weighted by Gasteiger charge is -2.10. The summed E-state index contributed by atoms with van der Waals surface area (Å²) in [4.78, 5) is 23.8. The van der Waals surface area contributed by atoms with Crippen LogP contribution in [-0.2, 0) is 9.59 Å². The van der Waals surface area contributed by atoms with Crippen molar-refractivity contribution in [1.29, 1.82) is 0 Å². The Morgan fingerprint density at radius 1 is 0.676 bits per heavy atom. The first-order valence-electron chi connectivity index (χ1n) is 11.7. The first-order valence-corrected chi connectivity index (χ1v) is 12.4. The second kappa shape index (κ2) is 15.5. The first-order chi connectivity index (χ1) is 16.3. The van der Waals surface area contributed by atoms with E-state index >= 15 is 0 Å². The lowest BCUT2D eigenvalue weighted by atomic mass is 10.1. The highest BCUT2D eigenvalue weighted by Gasteiger charge is 2.06. The summed E-state index contributed by atoms with van der Waals surface area (Å²) in [6.07, 6.45) is 6.18. The van der Waals surface area contributed by atoms with Gasteiger partial charge in [-0.3, -0.25) is 9.59 Å². The molecular weight excluding hydrogens is 475 g/mol. The van der Waals surface area contributed by atoms with E-state index in [1.165, 1.54) is 0 Å². The molecule has 0 aromatic heterocycles. The zero-order valence-corrected chi connectivity index (χ0v) is 21.4. The van der Waals surface area contributed by atoms with Crippen LogP contribution in [-0.4, -0.2) is 38.1 Å². The molecule has 0 aliphatic heterocycles. The summed E-state index contributed by atoms with van der Waals surface area (Å²) < 4.78 is 11.1. The van der Waals surface area contributed by atoms with E-state index in [9.17, 15) is 9.59 Å². The highest BCUT2D eigenvalue weighted by molar-refractivity contribution is 6.31. The van der Waals surface area contributed by atoms with Gasteiger partial charge in [0.2, 0.25) is 0 Å². The number of carbonyl (C=O) groups excluding carboxylic acids is 2. The van der Waals surface area contributed by atoms with Crippen molar-refractivity contribution in [3.8, 4) is 11.5 Å². The van der Waals surface area contributed by atoms with Gasteiger partial charge < -0.3 is 20.1 Å². The van der Waals surface area contributed by atoms with E-state index in [-0.39, 0.29) is 25.0 Å². The summed E-state index contributed by atoms with van der Waals surface area (Å²) in [5.41, 5.74) is 1.81. The fourth-order valence-electron chi connectivity index (χ4n) is 3.35. The number of unbranched alkanes of at least 4 members (excludes halogenated alkanes) is 5. The van der Waals surface area contributed by atoms with Crippen molar-refractivity contribution >= 4 is 35.0 Å². The summed E-state index contributed by atoms with van der Waals surface area (Å²) in [5, 5.41) is 7.06. The minimum absolute atomic E-state index is 0.00145. The second-order valence-corrected chi connectivity index (χ2v) is 9.09. The van der Waals surface area contributed by atoms with Crippen molar-refractivity contribution in [2.75, 3.05) is 26.3 Å². The molecule has 34 heavy (non-hydrogen) atoms. The van der Waals surface area contributed by atoms with Crippen molar-refractivity contribution in [3.63, 3.8) is 0 Å². The molecule has 8 heteroatoms. The van der Waals surface area contributed by atoms with Gasteiger partial charge in [0.15, 0.2) is 13.2 Å². The molecule has 2 amide bonds. The topological polar surface area (TPSA) is 76.7 Å². The number of hydrogen-bond donors (Lipinski definition) is 2. The molecule has 2 aromatic rings. The van der Waals surface area contributed by atoms with Gasteiger partial charge in [0, 0.05) is 23.1 Å². The van der Waals surface area contributed by atoms with E-state index in [0.717, 1.165) is 49.7 Å². The van der Waals surface area contributed by atoms with Crippen molar-refractivity contribution in [2.45, 2.75) is 52.4 Å². The van der Waals surface area contributed by atoms with Crippen molar-refractivity contribution < 1.29 is 19.1 Å². The molecule has 6 nitrogen and oxygen atoms in total. The molecule has 0 fully saturated rings. The third kappa shape index (κ3) is 11.1. The lowest BCUT2D eigenvalue weighted by molar-refractivity contribution is -0.123. The van der Waals surface area contributed by atoms with E-state index in [0.29, 0.717) is 34.6 Å². The molecule has 0 heterocycles. The van der Waals surface area contributed by atoms with Crippen LogP contribution >= 0.6 is 23.2 Å². The highest BCUT2D eigenvalue weighted by Crippen LogP contribution is 2.22. The molecule has 0 aliphatic carbocycles. The normalized spacial score (nSPS) is 10.6. The Labute approximate surface area is 212 Å². The van der Waals surface area contributed by atoms with Crippen LogP contribution in [0.25, 0.3) is 0 Å². The average Bonchev–Trinajstić information content (AvgIpc) is 2.79. The van der Waals surface area contributed by atoms with Crippen LogP contribution < -0.4 is 20.1 Å².